The van der Waals surface area contributed by atoms with Crippen molar-refractivity contribution in [2.75, 3.05) is 13.6 Å². The van der Waals surface area contributed by atoms with Crippen molar-refractivity contribution in [1.82, 2.24) is 10.2 Å². The van der Waals surface area contributed by atoms with Gasteiger partial charge in [-0.25, -0.2) is 4.79 Å². The minimum absolute atomic E-state index is 0.0719. The van der Waals surface area contributed by atoms with Crippen LogP contribution in [0.5, 0.6) is 0 Å². The lowest BCUT2D eigenvalue weighted by molar-refractivity contribution is 0.139. The second kappa shape index (κ2) is 4.84. The van der Waals surface area contributed by atoms with Gasteiger partial charge in [-0.2, -0.15) is 0 Å². The highest BCUT2D eigenvalue weighted by molar-refractivity contribution is 5.75. The number of likely N-dealkylation sites (N-methyl/N-ethyl adjacent to an activating group) is 1. The average molecular weight is 215 g/mol. The molecule has 0 saturated heterocycles. The first-order valence-electron chi connectivity index (χ1n) is 5.42. The molecule has 90 valence electrons. The first-order chi connectivity index (χ1) is 6.66. The van der Waals surface area contributed by atoms with Crippen molar-refractivity contribution < 1.29 is 4.79 Å². The number of urea groups is 1. The number of hydrogen-bond donors (Lipinski definition) is 2. The van der Waals surface area contributed by atoms with E-state index in [0.29, 0.717) is 6.54 Å². The molecule has 1 unspecified atom stereocenters. The van der Waals surface area contributed by atoms with Crippen LogP contribution in [0.1, 0.15) is 41.0 Å². The van der Waals surface area contributed by atoms with Gasteiger partial charge in [-0.3, -0.25) is 0 Å². The van der Waals surface area contributed by atoms with Crippen LogP contribution < -0.4 is 11.1 Å². The Kier molecular flexibility index (Phi) is 4.59. The highest BCUT2D eigenvalue weighted by Gasteiger charge is 2.30. The Bertz CT molecular complexity index is 216. The third-order valence-electron chi connectivity index (χ3n) is 2.80. The molecule has 1 atom stereocenters. The summed E-state index contributed by atoms with van der Waals surface area (Å²) < 4.78 is 0. The van der Waals surface area contributed by atoms with Crippen LogP contribution in [0.25, 0.3) is 0 Å². The van der Waals surface area contributed by atoms with Gasteiger partial charge >= 0.3 is 6.03 Å². The molecule has 0 aromatic heterocycles. The molecule has 0 aromatic carbocycles. The summed E-state index contributed by atoms with van der Waals surface area (Å²) in [5, 5.41) is 2.92. The van der Waals surface area contributed by atoms with E-state index >= 15 is 0 Å². The van der Waals surface area contributed by atoms with E-state index in [1.807, 2.05) is 34.6 Å². The van der Waals surface area contributed by atoms with Crippen molar-refractivity contribution in [3.63, 3.8) is 0 Å². The molecule has 2 amide bonds. The van der Waals surface area contributed by atoms with E-state index in [9.17, 15) is 4.79 Å². The van der Waals surface area contributed by atoms with E-state index in [0.717, 1.165) is 6.42 Å². The third kappa shape index (κ3) is 4.08. The maximum Gasteiger partial charge on any atom is 0.318 e. The maximum atomic E-state index is 11.9. The topological polar surface area (TPSA) is 58.4 Å². The van der Waals surface area contributed by atoms with E-state index in [-0.39, 0.29) is 17.1 Å². The van der Waals surface area contributed by atoms with Crippen molar-refractivity contribution in [3.8, 4) is 0 Å². The van der Waals surface area contributed by atoms with Crippen LogP contribution in [0.15, 0.2) is 0 Å². The minimum Gasteiger partial charge on any atom is -0.333 e. The van der Waals surface area contributed by atoms with Crippen molar-refractivity contribution in [1.29, 1.82) is 0 Å². The Morgan fingerprint density at radius 2 is 1.80 bits per heavy atom. The van der Waals surface area contributed by atoms with Gasteiger partial charge in [0.15, 0.2) is 0 Å². The lowest BCUT2D eigenvalue weighted by Gasteiger charge is -2.38. The first-order valence-corrected chi connectivity index (χ1v) is 5.42. The fourth-order valence-electron chi connectivity index (χ4n) is 1.17. The zero-order valence-corrected chi connectivity index (χ0v) is 10.8. The molecule has 0 heterocycles. The van der Waals surface area contributed by atoms with Crippen LogP contribution in [0.3, 0.4) is 0 Å². The monoisotopic (exact) mass is 215 g/mol. The fraction of sp³-hybridized carbons (Fsp3) is 0.909. The number of hydrogen-bond acceptors (Lipinski definition) is 2. The summed E-state index contributed by atoms with van der Waals surface area (Å²) >= 11 is 0. The van der Waals surface area contributed by atoms with Crippen LogP contribution in [0, 0.1) is 0 Å². The Hall–Kier alpha value is -0.770. The van der Waals surface area contributed by atoms with Gasteiger partial charge in [0.1, 0.15) is 0 Å². The van der Waals surface area contributed by atoms with Crippen molar-refractivity contribution in [2.45, 2.75) is 52.1 Å². The van der Waals surface area contributed by atoms with Crippen molar-refractivity contribution >= 4 is 6.03 Å². The van der Waals surface area contributed by atoms with Crippen LogP contribution >= 0.6 is 0 Å². The van der Waals surface area contributed by atoms with E-state index in [1.165, 1.54) is 0 Å². The molecule has 0 rings (SSSR count). The highest BCUT2D eigenvalue weighted by Crippen LogP contribution is 2.16. The molecule has 0 bridgehead atoms. The van der Waals surface area contributed by atoms with Crippen molar-refractivity contribution in [3.05, 3.63) is 0 Å². The summed E-state index contributed by atoms with van der Waals surface area (Å²) in [6.07, 6.45) is 0.845. The zero-order chi connectivity index (χ0) is 12.3. The van der Waals surface area contributed by atoms with Crippen LogP contribution in [-0.2, 0) is 0 Å². The van der Waals surface area contributed by atoms with Crippen LogP contribution in [0.2, 0.25) is 0 Å². The second-order valence-electron chi connectivity index (χ2n) is 5.29. The van der Waals surface area contributed by atoms with Gasteiger partial charge in [0, 0.05) is 19.1 Å². The molecule has 3 N–H and O–H groups in total. The number of nitrogens with two attached hydrogens (primary N) is 1. The smallest absolute Gasteiger partial charge is 0.318 e. The molecular formula is C11H25N3O. The van der Waals surface area contributed by atoms with E-state index in [1.54, 1.807) is 11.9 Å². The molecule has 0 spiro atoms. The van der Waals surface area contributed by atoms with Gasteiger partial charge in [-0.1, -0.05) is 6.92 Å². The molecular weight excluding hydrogens is 190 g/mol. The predicted molar refractivity (Wildman–Crippen MR) is 63.8 cm³/mol. The molecule has 4 heteroatoms. The summed E-state index contributed by atoms with van der Waals surface area (Å²) in [6, 6.07) is -0.0719. The molecule has 0 saturated carbocycles. The Morgan fingerprint density at radius 3 is 2.07 bits per heavy atom. The number of nitrogens with zero attached hydrogens (tertiary/aromatic N) is 1. The number of nitrogens with one attached hydrogen (secondary N) is 1. The largest absolute Gasteiger partial charge is 0.333 e. The number of carbonyl (C=O) groups is 1. The van der Waals surface area contributed by atoms with Crippen LogP contribution in [0.4, 0.5) is 4.79 Å². The SMILES string of the molecule is CCC(C)(CN)N(C)C(=O)NC(C)(C)C. The third-order valence-corrected chi connectivity index (χ3v) is 2.80. The summed E-state index contributed by atoms with van der Waals surface area (Å²) in [6.45, 7) is 10.4. The Morgan fingerprint density at radius 1 is 1.33 bits per heavy atom. The van der Waals surface area contributed by atoms with Gasteiger partial charge in [0.25, 0.3) is 0 Å². The van der Waals surface area contributed by atoms with E-state index < -0.39 is 0 Å². The molecule has 4 nitrogen and oxygen atoms in total. The molecule has 0 aliphatic carbocycles. The quantitative estimate of drug-likeness (QED) is 0.750. The van der Waals surface area contributed by atoms with E-state index in [2.05, 4.69) is 5.32 Å². The van der Waals surface area contributed by atoms with Gasteiger partial charge < -0.3 is 16.0 Å². The lowest BCUT2D eigenvalue weighted by atomic mass is 9.97. The molecule has 0 aromatic rings. The Balaban J connectivity index is 4.57. The summed E-state index contributed by atoms with van der Waals surface area (Å²) in [5.41, 5.74) is 5.22. The molecule has 0 fully saturated rings. The summed E-state index contributed by atoms with van der Waals surface area (Å²) in [7, 11) is 1.79. The van der Waals surface area contributed by atoms with Crippen molar-refractivity contribution in [2.24, 2.45) is 5.73 Å². The predicted octanol–water partition coefficient (Wildman–Crippen LogP) is 1.55. The number of carbonyl (C=O) groups excluding carboxylic acids is 1. The Labute approximate surface area is 93.2 Å². The highest BCUT2D eigenvalue weighted by atomic mass is 16.2. The maximum absolute atomic E-state index is 11.9. The number of rotatable bonds is 3. The zero-order valence-electron chi connectivity index (χ0n) is 10.8. The molecule has 0 aliphatic heterocycles. The van der Waals surface area contributed by atoms with Crippen LogP contribution in [-0.4, -0.2) is 35.6 Å². The second-order valence-corrected chi connectivity index (χ2v) is 5.29. The van der Waals surface area contributed by atoms with Gasteiger partial charge in [-0.05, 0) is 34.1 Å². The normalized spacial score (nSPS) is 15.7. The molecule has 15 heavy (non-hydrogen) atoms. The average Bonchev–Trinajstić information content (AvgIpc) is 2.12. The standard InChI is InChI=1S/C11H25N3O/c1-7-11(5,8-12)14(6)9(15)13-10(2,3)4/h7-8,12H2,1-6H3,(H,13,15). The van der Waals surface area contributed by atoms with Gasteiger partial charge in [0.05, 0.1) is 5.54 Å². The fourth-order valence-corrected chi connectivity index (χ4v) is 1.17. The first kappa shape index (κ1) is 14.2. The lowest BCUT2D eigenvalue weighted by Crippen LogP contribution is -2.57. The summed E-state index contributed by atoms with van der Waals surface area (Å²) in [5.74, 6) is 0. The summed E-state index contributed by atoms with van der Waals surface area (Å²) in [4.78, 5) is 13.6. The molecule has 0 aliphatic rings. The van der Waals surface area contributed by atoms with E-state index in [4.69, 9.17) is 5.73 Å². The number of amides is 2. The van der Waals surface area contributed by atoms with Gasteiger partial charge in [-0.15, -0.1) is 0 Å². The minimum atomic E-state index is -0.269. The van der Waals surface area contributed by atoms with Gasteiger partial charge in [0.2, 0.25) is 0 Å². The molecule has 0 radical (unpaired) electrons.